The Balaban J connectivity index is 1.88. The smallest absolute Gasteiger partial charge is 0.123 e. The number of rotatable bonds is 2. The van der Waals surface area contributed by atoms with Crippen molar-refractivity contribution in [2.45, 2.75) is 25.9 Å². The molecule has 2 aromatic rings. The molecule has 0 spiro atoms. The van der Waals surface area contributed by atoms with Crippen LogP contribution in [0.15, 0.2) is 36.4 Å². The van der Waals surface area contributed by atoms with E-state index in [1.165, 1.54) is 0 Å². The maximum absolute atomic E-state index is 14.7. The molecule has 0 N–H and O–H groups in total. The van der Waals surface area contributed by atoms with Gasteiger partial charge in [0.25, 0.3) is 0 Å². The molecule has 0 unspecified atom stereocenters. The molecular weight excluding hydrogens is 306 g/mol. The number of allylic oxidation sites excluding steroid dienone is 2. The summed E-state index contributed by atoms with van der Waals surface area (Å²) in [6.45, 7) is 4.06. The zero-order valence-electron chi connectivity index (χ0n) is 13.3. The molecule has 3 heteroatoms. The van der Waals surface area contributed by atoms with Gasteiger partial charge in [0, 0.05) is 0 Å². The summed E-state index contributed by atoms with van der Waals surface area (Å²) in [5.74, 6) is -0.390. The SMILES string of the molecule is C[Si](C)(c1cc2c(cc1F)CC=C2)c1cc2c(cc1F)CC=C2. The summed E-state index contributed by atoms with van der Waals surface area (Å²) < 4.78 is 29.4. The third kappa shape index (κ3) is 2.22. The molecule has 0 bridgehead atoms. The molecule has 0 radical (unpaired) electrons. The number of fused-ring (bicyclic) bond motifs is 2. The van der Waals surface area contributed by atoms with Crippen molar-refractivity contribution in [3.8, 4) is 0 Å². The molecule has 0 saturated heterocycles. The number of hydrogen-bond acceptors (Lipinski definition) is 0. The Kier molecular flexibility index (Phi) is 3.17. The fourth-order valence-electron chi connectivity index (χ4n) is 3.65. The highest BCUT2D eigenvalue weighted by Gasteiger charge is 2.33. The molecule has 0 aliphatic heterocycles. The van der Waals surface area contributed by atoms with Gasteiger partial charge in [0.05, 0.1) is 0 Å². The lowest BCUT2D eigenvalue weighted by Gasteiger charge is -2.26. The highest BCUT2D eigenvalue weighted by Crippen LogP contribution is 2.24. The van der Waals surface area contributed by atoms with Crippen molar-refractivity contribution in [1.29, 1.82) is 0 Å². The summed E-state index contributed by atoms with van der Waals surface area (Å²) in [6, 6.07) is 7.13. The van der Waals surface area contributed by atoms with Gasteiger partial charge in [-0.15, -0.1) is 0 Å². The van der Waals surface area contributed by atoms with Gasteiger partial charge in [-0.25, -0.2) is 8.78 Å². The Morgan fingerprint density at radius 1 is 0.739 bits per heavy atom. The van der Waals surface area contributed by atoms with E-state index in [2.05, 4.69) is 0 Å². The maximum atomic E-state index is 14.7. The molecule has 2 aliphatic rings. The molecular formula is C20H18F2Si. The standard InChI is InChI=1S/C20H18F2Si/c1-23(2,19-11-15-7-3-5-13(15)9-17(19)21)20-12-16-8-4-6-14(16)10-18(20)22/h3-4,7-12H,5-6H2,1-2H3. The Bertz CT molecular complexity index is 804. The minimum atomic E-state index is -2.45. The van der Waals surface area contributed by atoms with E-state index in [0.29, 0.717) is 10.4 Å². The molecule has 23 heavy (non-hydrogen) atoms. The van der Waals surface area contributed by atoms with Gasteiger partial charge in [-0.3, -0.25) is 0 Å². The largest absolute Gasteiger partial charge is 0.207 e. The van der Waals surface area contributed by atoms with Gasteiger partial charge >= 0.3 is 0 Å². The first-order valence-electron chi connectivity index (χ1n) is 7.95. The van der Waals surface area contributed by atoms with Crippen LogP contribution in [0.1, 0.15) is 22.3 Å². The molecule has 0 saturated carbocycles. The average molecular weight is 324 g/mol. The lowest BCUT2D eigenvalue weighted by atomic mass is 10.1. The van der Waals surface area contributed by atoms with Crippen LogP contribution in [0.3, 0.4) is 0 Å². The highest BCUT2D eigenvalue weighted by atomic mass is 28.3. The summed E-state index contributed by atoms with van der Waals surface area (Å²) in [4.78, 5) is 0. The van der Waals surface area contributed by atoms with Crippen molar-refractivity contribution in [2.24, 2.45) is 0 Å². The van der Waals surface area contributed by atoms with Crippen LogP contribution in [0, 0.1) is 11.6 Å². The van der Waals surface area contributed by atoms with Gasteiger partial charge in [0.2, 0.25) is 0 Å². The molecule has 4 rings (SSSR count). The molecule has 0 nitrogen and oxygen atoms in total. The van der Waals surface area contributed by atoms with Crippen molar-refractivity contribution in [2.75, 3.05) is 0 Å². The fraction of sp³-hybridized carbons (Fsp3) is 0.200. The fourth-order valence-corrected chi connectivity index (χ4v) is 6.32. The minimum absolute atomic E-state index is 0.195. The van der Waals surface area contributed by atoms with Crippen molar-refractivity contribution in [1.82, 2.24) is 0 Å². The van der Waals surface area contributed by atoms with Crippen molar-refractivity contribution in [3.63, 3.8) is 0 Å². The monoisotopic (exact) mass is 324 g/mol. The Morgan fingerprint density at radius 2 is 1.17 bits per heavy atom. The van der Waals surface area contributed by atoms with Gasteiger partial charge in [0.1, 0.15) is 19.7 Å². The third-order valence-corrected chi connectivity index (χ3v) is 8.53. The molecule has 0 amide bonds. The lowest BCUT2D eigenvalue weighted by molar-refractivity contribution is 0.630. The maximum Gasteiger partial charge on any atom is 0.123 e. The molecule has 2 aromatic carbocycles. The van der Waals surface area contributed by atoms with E-state index in [0.717, 1.165) is 35.1 Å². The van der Waals surface area contributed by atoms with E-state index in [-0.39, 0.29) is 11.6 Å². The van der Waals surface area contributed by atoms with Gasteiger partial charge in [0.15, 0.2) is 0 Å². The zero-order valence-corrected chi connectivity index (χ0v) is 14.3. The highest BCUT2D eigenvalue weighted by molar-refractivity contribution is 7.00. The molecule has 0 atom stereocenters. The van der Waals surface area contributed by atoms with Crippen molar-refractivity contribution < 1.29 is 8.78 Å². The predicted octanol–water partition coefficient (Wildman–Crippen LogP) is 3.93. The third-order valence-electron chi connectivity index (χ3n) is 5.07. The molecule has 116 valence electrons. The summed E-state index contributed by atoms with van der Waals surface area (Å²) in [7, 11) is -2.45. The van der Waals surface area contributed by atoms with Crippen molar-refractivity contribution >= 4 is 30.6 Å². The Hall–Kier alpha value is -2.00. The van der Waals surface area contributed by atoms with E-state index < -0.39 is 8.07 Å². The van der Waals surface area contributed by atoms with Crippen LogP contribution in [0.4, 0.5) is 8.78 Å². The second-order valence-corrected chi connectivity index (χ2v) is 11.2. The van der Waals surface area contributed by atoms with Crippen LogP contribution in [0.5, 0.6) is 0 Å². The van der Waals surface area contributed by atoms with Crippen LogP contribution in [-0.4, -0.2) is 8.07 Å². The predicted molar refractivity (Wildman–Crippen MR) is 95.0 cm³/mol. The van der Waals surface area contributed by atoms with E-state index in [1.54, 1.807) is 12.1 Å². The molecule has 0 fully saturated rings. The van der Waals surface area contributed by atoms with Crippen LogP contribution in [0.25, 0.3) is 12.2 Å². The molecule has 0 aromatic heterocycles. The topological polar surface area (TPSA) is 0 Å². The Labute approximate surface area is 136 Å². The summed E-state index contributed by atoms with van der Waals surface area (Å²) in [6.07, 6.45) is 9.72. The summed E-state index contributed by atoms with van der Waals surface area (Å²) >= 11 is 0. The van der Waals surface area contributed by atoms with Crippen LogP contribution in [-0.2, 0) is 12.8 Å². The lowest BCUT2D eigenvalue weighted by Crippen LogP contribution is -2.55. The van der Waals surface area contributed by atoms with E-state index >= 15 is 0 Å². The normalized spacial score (nSPS) is 15.1. The number of hydrogen-bond donors (Lipinski definition) is 0. The summed E-state index contributed by atoms with van der Waals surface area (Å²) in [5.41, 5.74) is 4.19. The van der Waals surface area contributed by atoms with Crippen molar-refractivity contribution in [3.05, 3.63) is 70.3 Å². The average Bonchev–Trinajstić information content (AvgIpc) is 3.12. The van der Waals surface area contributed by atoms with Crippen LogP contribution in [0.2, 0.25) is 13.1 Å². The van der Waals surface area contributed by atoms with Crippen LogP contribution < -0.4 is 10.4 Å². The van der Waals surface area contributed by atoms with Gasteiger partial charge in [-0.1, -0.05) is 49.5 Å². The first-order valence-corrected chi connectivity index (χ1v) is 11.0. The van der Waals surface area contributed by atoms with Gasteiger partial charge < -0.3 is 0 Å². The van der Waals surface area contributed by atoms with E-state index in [1.807, 2.05) is 49.5 Å². The first kappa shape index (κ1) is 14.6. The molecule has 0 heterocycles. The number of halogens is 2. The summed E-state index contributed by atoms with van der Waals surface area (Å²) in [5, 5.41) is 1.37. The second kappa shape index (κ2) is 5.00. The minimum Gasteiger partial charge on any atom is -0.207 e. The quantitative estimate of drug-likeness (QED) is 0.735. The van der Waals surface area contributed by atoms with Gasteiger partial charge in [-0.05, 0) is 57.6 Å². The van der Waals surface area contributed by atoms with Gasteiger partial charge in [-0.2, -0.15) is 0 Å². The first-order chi connectivity index (χ1) is 11.0. The molecule has 2 aliphatic carbocycles. The van der Waals surface area contributed by atoms with E-state index in [9.17, 15) is 8.78 Å². The van der Waals surface area contributed by atoms with E-state index in [4.69, 9.17) is 0 Å². The second-order valence-electron chi connectivity index (χ2n) is 6.90. The Morgan fingerprint density at radius 3 is 1.61 bits per heavy atom. The number of benzene rings is 2. The van der Waals surface area contributed by atoms with Crippen LogP contribution >= 0.6 is 0 Å². The zero-order chi connectivity index (χ0) is 16.2.